The van der Waals surface area contributed by atoms with Crippen LogP contribution in [0.5, 0.6) is 11.5 Å². The molecule has 0 unspecified atom stereocenters. The normalized spacial score (nSPS) is 22.4. The number of aliphatic hydroxyl groups excluding tert-OH is 1. The molecule has 1 aliphatic heterocycles. The predicted molar refractivity (Wildman–Crippen MR) is 95.6 cm³/mol. The van der Waals surface area contributed by atoms with Gasteiger partial charge in [0.25, 0.3) is 0 Å². The molecule has 0 amide bonds. The van der Waals surface area contributed by atoms with Gasteiger partial charge in [-0.15, -0.1) is 0 Å². The lowest BCUT2D eigenvalue weighted by atomic mass is 10.1. The van der Waals surface area contributed by atoms with Crippen molar-refractivity contribution in [2.45, 2.75) is 18.3 Å². The number of methoxy groups -OCH3 is 1. The second kappa shape index (κ2) is 8.39. The van der Waals surface area contributed by atoms with Crippen molar-refractivity contribution < 1.29 is 19.3 Å². The molecule has 2 aromatic carbocycles. The highest BCUT2D eigenvalue weighted by atomic mass is 16.6. The van der Waals surface area contributed by atoms with Crippen molar-refractivity contribution in [1.82, 2.24) is 0 Å². The van der Waals surface area contributed by atoms with Crippen LogP contribution < -0.4 is 9.47 Å². The van der Waals surface area contributed by atoms with E-state index in [0.29, 0.717) is 5.75 Å². The third-order valence-electron chi connectivity index (χ3n) is 3.85. The second-order valence-corrected chi connectivity index (χ2v) is 5.62. The van der Waals surface area contributed by atoms with Crippen LogP contribution in [0.3, 0.4) is 0 Å². The van der Waals surface area contributed by atoms with Crippen molar-refractivity contribution in [3.8, 4) is 23.3 Å². The molecule has 0 bridgehead atoms. The van der Waals surface area contributed by atoms with Gasteiger partial charge in [0.2, 0.25) is 0 Å². The Bertz CT molecular complexity index is 756. The first kappa shape index (κ1) is 17.1. The third kappa shape index (κ3) is 4.63. The van der Waals surface area contributed by atoms with E-state index in [1.807, 2.05) is 48.5 Å². The molecular formula is C21H20O4. The summed E-state index contributed by atoms with van der Waals surface area (Å²) in [5.74, 6) is 7.44. The molecule has 3 atom stereocenters. The van der Waals surface area contributed by atoms with Crippen LogP contribution in [0.15, 0.2) is 66.7 Å². The molecule has 0 spiro atoms. The van der Waals surface area contributed by atoms with Crippen LogP contribution in [-0.2, 0) is 4.74 Å². The number of ether oxygens (including phenoxy) is 3. The van der Waals surface area contributed by atoms with E-state index in [0.717, 1.165) is 11.3 Å². The molecule has 1 saturated heterocycles. The summed E-state index contributed by atoms with van der Waals surface area (Å²) in [4.78, 5) is 0. The van der Waals surface area contributed by atoms with Crippen molar-refractivity contribution in [1.29, 1.82) is 0 Å². The van der Waals surface area contributed by atoms with E-state index in [-0.39, 0.29) is 12.7 Å². The number of aliphatic hydroxyl groups is 1. The highest BCUT2D eigenvalue weighted by Gasteiger charge is 2.36. The maximum atomic E-state index is 10.1. The Morgan fingerprint density at radius 1 is 1.08 bits per heavy atom. The molecule has 0 aliphatic carbocycles. The fourth-order valence-electron chi connectivity index (χ4n) is 2.53. The largest absolute Gasteiger partial charge is 0.497 e. The number of allylic oxidation sites excluding steroid dienone is 1. The van der Waals surface area contributed by atoms with E-state index in [9.17, 15) is 5.11 Å². The number of hydrogen-bond donors (Lipinski definition) is 1. The van der Waals surface area contributed by atoms with E-state index >= 15 is 0 Å². The summed E-state index contributed by atoms with van der Waals surface area (Å²) in [6.45, 7) is 0.238. The first-order valence-corrected chi connectivity index (χ1v) is 8.10. The average Bonchev–Trinajstić information content (AvgIpc) is 3.00. The third-order valence-corrected chi connectivity index (χ3v) is 3.85. The maximum Gasteiger partial charge on any atom is 0.156 e. The van der Waals surface area contributed by atoms with Gasteiger partial charge in [0.15, 0.2) is 6.10 Å². The molecule has 128 valence electrons. The number of rotatable bonds is 4. The zero-order chi connectivity index (χ0) is 17.5. The van der Waals surface area contributed by atoms with Crippen LogP contribution in [0.4, 0.5) is 0 Å². The van der Waals surface area contributed by atoms with Gasteiger partial charge in [0.05, 0.1) is 13.7 Å². The van der Waals surface area contributed by atoms with Gasteiger partial charge in [-0.3, -0.25) is 0 Å². The number of hydrogen-bond acceptors (Lipinski definition) is 4. The van der Waals surface area contributed by atoms with Crippen molar-refractivity contribution in [3.63, 3.8) is 0 Å². The topological polar surface area (TPSA) is 47.9 Å². The molecule has 0 saturated carbocycles. The lowest BCUT2D eigenvalue weighted by Gasteiger charge is -2.19. The van der Waals surface area contributed by atoms with Crippen LogP contribution in [-0.4, -0.2) is 37.1 Å². The molecule has 1 aliphatic rings. The Morgan fingerprint density at radius 3 is 2.52 bits per heavy atom. The van der Waals surface area contributed by atoms with Gasteiger partial charge in [-0.2, -0.15) is 0 Å². The standard InChI is InChI=1S/C21H20O4/c1-23-17-11-13-18(14-12-17)25-21-19(22)15-24-20(21)10-6-5-9-16-7-3-2-4-8-16/h2-4,6-8,10-14,19-22H,15H2,1H3/t19-,20+,21-/m1/s1. The summed E-state index contributed by atoms with van der Waals surface area (Å²) in [6.07, 6.45) is 2.06. The minimum atomic E-state index is -0.682. The Morgan fingerprint density at radius 2 is 1.80 bits per heavy atom. The van der Waals surface area contributed by atoms with Gasteiger partial charge < -0.3 is 19.3 Å². The van der Waals surface area contributed by atoms with Gasteiger partial charge in [0.1, 0.15) is 23.7 Å². The zero-order valence-electron chi connectivity index (χ0n) is 14.0. The Kier molecular flexibility index (Phi) is 5.73. The van der Waals surface area contributed by atoms with Crippen molar-refractivity contribution in [2.24, 2.45) is 0 Å². The molecule has 4 nitrogen and oxygen atoms in total. The first-order chi connectivity index (χ1) is 12.3. The molecule has 1 fully saturated rings. The molecule has 1 heterocycles. The molecule has 2 aromatic rings. The SMILES string of the molecule is COc1ccc(O[C@@H]2[C@H](O)CO[C@H]2C=CC#Cc2ccccc2)cc1. The van der Waals surface area contributed by atoms with Gasteiger partial charge in [-0.05, 0) is 48.6 Å². The fourth-order valence-corrected chi connectivity index (χ4v) is 2.53. The Balaban J connectivity index is 1.64. The lowest BCUT2D eigenvalue weighted by molar-refractivity contribution is 0.0610. The fraction of sp³-hybridized carbons (Fsp3) is 0.238. The summed E-state index contributed by atoms with van der Waals surface area (Å²) in [5.41, 5.74) is 0.950. The number of benzene rings is 2. The monoisotopic (exact) mass is 336 g/mol. The minimum Gasteiger partial charge on any atom is -0.497 e. The molecule has 1 N–H and O–H groups in total. The highest BCUT2D eigenvalue weighted by Crippen LogP contribution is 2.24. The molecule has 4 heteroatoms. The summed E-state index contributed by atoms with van der Waals surface area (Å²) in [7, 11) is 1.61. The van der Waals surface area contributed by atoms with E-state index in [4.69, 9.17) is 14.2 Å². The maximum absolute atomic E-state index is 10.1. The van der Waals surface area contributed by atoms with E-state index < -0.39 is 12.2 Å². The first-order valence-electron chi connectivity index (χ1n) is 8.10. The van der Waals surface area contributed by atoms with Crippen LogP contribution in [0.2, 0.25) is 0 Å². The van der Waals surface area contributed by atoms with Gasteiger partial charge in [0, 0.05) is 5.56 Å². The van der Waals surface area contributed by atoms with E-state index in [1.54, 1.807) is 25.3 Å². The molecule has 0 aromatic heterocycles. The molecule has 25 heavy (non-hydrogen) atoms. The van der Waals surface area contributed by atoms with E-state index in [1.165, 1.54) is 0 Å². The van der Waals surface area contributed by atoms with Crippen LogP contribution in [0.1, 0.15) is 5.56 Å². The van der Waals surface area contributed by atoms with Crippen LogP contribution >= 0.6 is 0 Å². The van der Waals surface area contributed by atoms with Gasteiger partial charge >= 0.3 is 0 Å². The average molecular weight is 336 g/mol. The zero-order valence-corrected chi connectivity index (χ0v) is 14.0. The van der Waals surface area contributed by atoms with Crippen molar-refractivity contribution in [3.05, 3.63) is 72.3 Å². The lowest BCUT2D eigenvalue weighted by Crippen LogP contribution is -2.34. The van der Waals surface area contributed by atoms with Crippen molar-refractivity contribution in [2.75, 3.05) is 13.7 Å². The van der Waals surface area contributed by atoms with Gasteiger partial charge in [-0.25, -0.2) is 0 Å². The smallest absolute Gasteiger partial charge is 0.156 e. The van der Waals surface area contributed by atoms with Gasteiger partial charge in [-0.1, -0.05) is 30.0 Å². The summed E-state index contributed by atoms with van der Waals surface area (Å²) < 4.78 is 16.6. The molecular weight excluding hydrogens is 316 g/mol. The summed E-state index contributed by atoms with van der Waals surface area (Å²) in [6, 6.07) is 17.0. The quantitative estimate of drug-likeness (QED) is 0.872. The Hall–Kier alpha value is -2.74. The minimum absolute atomic E-state index is 0.238. The van der Waals surface area contributed by atoms with Crippen LogP contribution in [0, 0.1) is 11.8 Å². The van der Waals surface area contributed by atoms with Crippen LogP contribution in [0.25, 0.3) is 0 Å². The highest BCUT2D eigenvalue weighted by molar-refractivity contribution is 5.37. The van der Waals surface area contributed by atoms with Crippen molar-refractivity contribution >= 4 is 0 Å². The predicted octanol–water partition coefficient (Wildman–Crippen LogP) is 2.81. The second-order valence-electron chi connectivity index (χ2n) is 5.62. The summed E-state index contributed by atoms with van der Waals surface area (Å²) in [5, 5.41) is 10.1. The molecule has 0 radical (unpaired) electrons. The molecule has 3 rings (SSSR count). The summed E-state index contributed by atoms with van der Waals surface area (Å²) >= 11 is 0. The Labute approximate surface area is 147 Å². The van der Waals surface area contributed by atoms with E-state index in [2.05, 4.69) is 11.8 Å².